The summed E-state index contributed by atoms with van der Waals surface area (Å²) in [7, 11) is 0. The van der Waals surface area contributed by atoms with Crippen molar-refractivity contribution in [2.24, 2.45) is 0 Å². The van der Waals surface area contributed by atoms with Crippen molar-refractivity contribution in [3.05, 3.63) is 66.1 Å². The highest BCUT2D eigenvalue weighted by molar-refractivity contribution is 5.85. The number of nitrogens with zero attached hydrogens (tertiary/aromatic N) is 3. The minimum Gasteiger partial charge on any atom is -0.347 e. The molecule has 3 aromatic rings. The number of hydrogen-bond acceptors (Lipinski definition) is 2. The van der Waals surface area contributed by atoms with Gasteiger partial charge in [0.1, 0.15) is 0 Å². The molecule has 3 heteroatoms. The van der Waals surface area contributed by atoms with Gasteiger partial charge in [0.25, 0.3) is 0 Å². The second kappa shape index (κ2) is 4.95. The average Bonchev–Trinajstić information content (AvgIpc) is 2.89. The SMILES string of the molecule is N#Cc1cccc2c1ccn2CCc1ccccn1. The summed E-state index contributed by atoms with van der Waals surface area (Å²) in [5.74, 6) is 0. The van der Waals surface area contributed by atoms with E-state index < -0.39 is 0 Å². The second-order valence-electron chi connectivity index (χ2n) is 4.43. The first kappa shape index (κ1) is 11.5. The van der Waals surface area contributed by atoms with Gasteiger partial charge in [-0.05, 0) is 30.3 Å². The Morgan fingerprint density at radius 1 is 1.11 bits per heavy atom. The van der Waals surface area contributed by atoms with Crippen LogP contribution in [0.1, 0.15) is 11.3 Å². The lowest BCUT2D eigenvalue weighted by Gasteiger charge is -2.05. The molecule has 0 saturated heterocycles. The first-order valence-corrected chi connectivity index (χ1v) is 6.26. The van der Waals surface area contributed by atoms with Crippen molar-refractivity contribution in [1.82, 2.24) is 9.55 Å². The molecule has 0 unspecified atom stereocenters. The van der Waals surface area contributed by atoms with Crippen molar-refractivity contribution in [1.29, 1.82) is 5.26 Å². The van der Waals surface area contributed by atoms with Gasteiger partial charge in [0.15, 0.2) is 0 Å². The zero-order chi connectivity index (χ0) is 13.1. The van der Waals surface area contributed by atoms with Crippen LogP contribution in [0.4, 0.5) is 0 Å². The molecule has 3 rings (SSSR count). The number of aryl methyl sites for hydroxylation is 2. The van der Waals surface area contributed by atoms with Crippen molar-refractivity contribution in [2.45, 2.75) is 13.0 Å². The molecule has 92 valence electrons. The molecule has 19 heavy (non-hydrogen) atoms. The van der Waals surface area contributed by atoms with Crippen LogP contribution in [0.25, 0.3) is 10.9 Å². The van der Waals surface area contributed by atoms with Crippen LogP contribution < -0.4 is 0 Å². The largest absolute Gasteiger partial charge is 0.347 e. The van der Waals surface area contributed by atoms with Gasteiger partial charge in [0.05, 0.1) is 11.6 Å². The summed E-state index contributed by atoms with van der Waals surface area (Å²) < 4.78 is 2.17. The molecule has 0 bridgehead atoms. The number of rotatable bonds is 3. The van der Waals surface area contributed by atoms with Gasteiger partial charge in [0.2, 0.25) is 0 Å². The predicted molar refractivity (Wildman–Crippen MR) is 74.6 cm³/mol. The zero-order valence-electron chi connectivity index (χ0n) is 10.5. The number of fused-ring (bicyclic) bond motifs is 1. The van der Waals surface area contributed by atoms with Gasteiger partial charge < -0.3 is 4.57 Å². The van der Waals surface area contributed by atoms with E-state index in [4.69, 9.17) is 5.26 Å². The average molecular weight is 247 g/mol. The molecule has 0 radical (unpaired) electrons. The van der Waals surface area contributed by atoms with E-state index in [1.165, 1.54) is 0 Å². The Morgan fingerprint density at radius 3 is 2.84 bits per heavy atom. The minimum atomic E-state index is 0.731. The smallest absolute Gasteiger partial charge is 0.0998 e. The number of aromatic nitrogens is 2. The number of benzene rings is 1. The number of pyridine rings is 1. The maximum Gasteiger partial charge on any atom is 0.0998 e. The maximum absolute atomic E-state index is 9.08. The van der Waals surface area contributed by atoms with Gasteiger partial charge in [-0.25, -0.2) is 0 Å². The van der Waals surface area contributed by atoms with E-state index >= 15 is 0 Å². The summed E-state index contributed by atoms with van der Waals surface area (Å²) in [4.78, 5) is 4.33. The highest BCUT2D eigenvalue weighted by Gasteiger charge is 2.05. The summed E-state index contributed by atoms with van der Waals surface area (Å²) in [5, 5.41) is 10.1. The third kappa shape index (κ3) is 2.21. The van der Waals surface area contributed by atoms with E-state index in [9.17, 15) is 0 Å². The molecule has 0 amide bonds. The van der Waals surface area contributed by atoms with Gasteiger partial charge in [-0.3, -0.25) is 4.98 Å². The fraction of sp³-hybridized carbons (Fsp3) is 0.125. The van der Waals surface area contributed by atoms with Crippen LogP contribution in [0.15, 0.2) is 54.9 Å². The summed E-state index contributed by atoms with van der Waals surface area (Å²) in [6.07, 6.45) is 4.74. The molecule has 0 aliphatic rings. The Bertz CT molecular complexity index is 736. The van der Waals surface area contributed by atoms with Gasteiger partial charge in [-0.15, -0.1) is 0 Å². The topological polar surface area (TPSA) is 41.6 Å². The van der Waals surface area contributed by atoms with E-state index in [2.05, 4.69) is 21.7 Å². The predicted octanol–water partition coefficient (Wildman–Crippen LogP) is 3.15. The minimum absolute atomic E-state index is 0.731. The summed E-state index contributed by atoms with van der Waals surface area (Å²) >= 11 is 0. The lowest BCUT2D eigenvalue weighted by atomic mass is 10.1. The van der Waals surface area contributed by atoms with Crippen molar-refractivity contribution in [3.63, 3.8) is 0 Å². The van der Waals surface area contributed by atoms with Crippen molar-refractivity contribution in [3.8, 4) is 6.07 Å². The maximum atomic E-state index is 9.08. The number of hydrogen-bond donors (Lipinski definition) is 0. The molecule has 0 atom stereocenters. The van der Waals surface area contributed by atoms with E-state index in [0.717, 1.165) is 35.1 Å². The first-order valence-electron chi connectivity index (χ1n) is 6.26. The highest BCUT2D eigenvalue weighted by atomic mass is 15.0. The molecule has 3 nitrogen and oxygen atoms in total. The lowest BCUT2D eigenvalue weighted by Crippen LogP contribution is -2.01. The quantitative estimate of drug-likeness (QED) is 0.713. The number of nitriles is 1. The van der Waals surface area contributed by atoms with E-state index in [1.54, 1.807) is 0 Å². The van der Waals surface area contributed by atoms with Gasteiger partial charge in [0, 0.05) is 42.0 Å². The molecular weight excluding hydrogens is 234 g/mol. The van der Waals surface area contributed by atoms with Crippen molar-refractivity contribution < 1.29 is 0 Å². The van der Waals surface area contributed by atoms with Crippen LogP contribution >= 0.6 is 0 Å². The second-order valence-corrected chi connectivity index (χ2v) is 4.43. The fourth-order valence-corrected chi connectivity index (χ4v) is 2.30. The Morgan fingerprint density at radius 2 is 2.05 bits per heavy atom. The molecule has 0 fully saturated rings. The lowest BCUT2D eigenvalue weighted by molar-refractivity contribution is 0.710. The highest BCUT2D eigenvalue weighted by Crippen LogP contribution is 2.19. The molecule has 0 N–H and O–H groups in total. The van der Waals surface area contributed by atoms with Crippen LogP contribution in [-0.2, 0) is 13.0 Å². The summed E-state index contributed by atoms with van der Waals surface area (Å²) in [5.41, 5.74) is 2.92. The van der Waals surface area contributed by atoms with E-state index in [0.29, 0.717) is 0 Å². The van der Waals surface area contributed by atoms with Gasteiger partial charge in [-0.1, -0.05) is 12.1 Å². The van der Waals surface area contributed by atoms with Crippen LogP contribution in [0, 0.1) is 11.3 Å². The molecule has 0 aliphatic carbocycles. The van der Waals surface area contributed by atoms with E-state index in [-0.39, 0.29) is 0 Å². The Hall–Kier alpha value is -2.60. The van der Waals surface area contributed by atoms with Crippen LogP contribution in [0.5, 0.6) is 0 Å². The Kier molecular flexibility index (Phi) is 2.99. The Labute approximate surface area is 111 Å². The monoisotopic (exact) mass is 247 g/mol. The molecule has 0 aliphatic heterocycles. The van der Waals surface area contributed by atoms with Gasteiger partial charge >= 0.3 is 0 Å². The van der Waals surface area contributed by atoms with Crippen LogP contribution in [0.2, 0.25) is 0 Å². The van der Waals surface area contributed by atoms with Gasteiger partial charge in [-0.2, -0.15) is 5.26 Å². The van der Waals surface area contributed by atoms with Crippen molar-refractivity contribution >= 4 is 10.9 Å². The zero-order valence-corrected chi connectivity index (χ0v) is 10.5. The molecule has 0 spiro atoms. The normalized spacial score (nSPS) is 10.5. The fourth-order valence-electron chi connectivity index (χ4n) is 2.30. The molecule has 2 heterocycles. The van der Waals surface area contributed by atoms with Crippen LogP contribution in [-0.4, -0.2) is 9.55 Å². The van der Waals surface area contributed by atoms with Crippen molar-refractivity contribution in [2.75, 3.05) is 0 Å². The van der Waals surface area contributed by atoms with Crippen LogP contribution in [0.3, 0.4) is 0 Å². The third-order valence-corrected chi connectivity index (χ3v) is 3.27. The standard InChI is InChI=1S/C16H13N3/c17-12-13-4-3-6-16-15(13)8-11-19(16)10-7-14-5-1-2-9-18-14/h1-6,8-9,11H,7,10H2. The summed E-state index contributed by atoms with van der Waals surface area (Å²) in [6, 6.07) is 16.0. The molecule has 2 aromatic heterocycles. The molecule has 1 aromatic carbocycles. The first-order chi connectivity index (χ1) is 9.38. The third-order valence-electron chi connectivity index (χ3n) is 3.27. The molecule has 0 saturated carbocycles. The molecular formula is C16H13N3. The Balaban J connectivity index is 1.88. The summed E-state index contributed by atoms with van der Waals surface area (Å²) in [6.45, 7) is 0.870. The van der Waals surface area contributed by atoms with E-state index in [1.807, 2.05) is 48.8 Å².